The Labute approximate surface area is 133 Å². The van der Waals surface area contributed by atoms with E-state index in [1.54, 1.807) is 6.07 Å². The smallest absolute Gasteiger partial charge is 0.282 e. The average Bonchev–Trinajstić information content (AvgIpc) is 2.49. The quantitative estimate of drug-likeness (QED) is 0.747. The molecule has 0 unspecified atom stereocenters. The van der Waals surface area contributed by atoms with Crippen LogP contribution >= 0.6 is 0 Å². The summed E-state index contributed by atoms with van der Waals surface area (Å²) in [6.45, 7) is 4.27. The maximum atomic E-state index is 11.8. The first-order chi connectivity index (χ1) is 10.5. The Kier molecular flexibility index (Phi) is 5.59. The monoisotopic (exact) mass is 320 g/mol. The van der Waals surface area contributed by atoms with Crippen molar-refractivity contribution in [1.82, 2.24) is 0 Å². The molecule has 4 heteroatoms. The molecule has 3 nitrogen and oxygen atoms in total. The summed E-state index contributed by atoms with van der Waals surface area (Å²) in [5.41, 5.74) is 2.29. The van der Waals surface area contributed by atoms with Crippen molar-refractivity contribution in [3.63, 3.8) is 0 Å². The standard InChI is InChI=1S/C18H24O3S/c1-3-5-8-14-12-13-15-9-7-11-17(22(19,20)21)18(15)16(14)10-6-4-2/h7,9,11-13H,3-6,8,10H2,1-2H3,(H,19,20,21). The molecule has 2 aromatic carbocycles. The van der Waals surface area contributed by atoms with Crippen molar-refractivity contribution >= 4 is 20.9 Å². The maximum absolute atomic E-state index is 11.8. The van der Waals surface area contributed by atoms with Crippen LogP contribution in [-0.2, 0) is 23.0 Å². The summed E-state index contributed by atoms with van der Waals surface area (Å²) in [5.74, 6) is 0. The summed E-state index contributed by atoms with van der Waals surface area (Å²) in [7, 11) is -4.21. The van der Waals surface area contributed by atoms with Gasteiger partial charge < -0.3 is 0 Å². The number of benzene rings is 2. The Morgan fingerprint density at radius 3 is 2.27 bits per heavy atom. The number of aryl methyl sites for hydroxylation is 2. The lowest BCUT2D eigenvalue weighted by Crippen LogP contribution is -2.04. The molecule has 0 aliphatic heterocycles. The van der Waals surface area contributed by atoms with Gasteiger partial charge in [-0.25, -0.2) is 0 Å². The Morgan fingerprint density at radius 2 is 1.64 bits per heavy atom. The highest BCUT2D eigenvalue weighted by Gasteiger charge is 2.18. The lowest BCUT2D eigenvalue weighted by atomic mass is 9.92. The third-order valence-electron chi connectivity index (χ3n) is 4.07. The molecule has 0 aromatic heterocycles. The fraction of sp³-hybridized carbons (Fsp3) is 0.444. The van der Waals surface area contributed by atoms with Gasteiger partial charge in [0.25, 0.3) is 10.1 Å². The molecule has 0 saturated carbocycles. The number of fused-ring (bicyclic) bond motifs is 1. The first-order valence-corrected chi connectivity index (χ1v) is 9.44. The van der Waals surface area contributed by atoms with Gasteiger partial charge in [0.1, 0.15) is 4.90 Å². The van der Waals surface area contributed by atoms with Crippen LogP contribution in [0, 0.1) is 0 Å². The Balaban J connectivity index is 2.72. The van der Waals surface area contributed by atoms with Crippen LogP contribution in [0.25, 0.3) is 10.8 Å². The molecule has 0 aliphatic carbocycles. The summed E-state index contributed by atoms with van der Waals surface area (Å²) in [5, 5.41) is 1.58. The lowest BCUT2D eigenvalue weighted by molar-refractivity contribution is 0.484. The van der Waals surface area contributed by atoms with Crippen LogP contribution < -0.4 is 0 Å². The second-order valence-corrected chi connectivity index (χ2v) is 7.13. The zero-order valence-corrected chi connectivity index (χ0v) is 14.1. The van der Waals surface area contributed by atoms with E-state index in [9.17, 15) is 13.0 Å². The third kappa shape index (κ3) is 3.68. The topological polar surface area (TPSA) is 54.4 Å². The minimum atomic E-state index is -4.21. The Morgan fingerprint density at radius 1 is 0.955 bits per heavy atom. The van der Waals surface area contributed by atoms with Gasteiger partial charge in [0, 0.05) is 5.39 Å². The normalized spacial score (nSPS) is 12.0. The van der Waals surface area contributed by atoms with Crippen molar-refractivity contribution in [1.29, 1.82) is 0 Å². The number of rotatable bonds is 7. The summed E-state index contributed by atoms with van der Waals surface area (Å²) in [6, 6.07) is 9.15. The highest BCUT2D eigenvalue weighted by atomic mass is 32.2. The first kappa shape index (κ1) is 17.0. The molecule has 2 rings (SSSR count). The van der Waals surface area contributed by atoms with Gasteiger partial charge in [0.2, 0.25) is 0 Å². The van der Waals surface area contributed by atoms with Crippen molar-refractivity contribution in [2.45, 2.75) is 57.3 Å². The van der Waals surface area contributed by atoms with E-state index in [1.165, 1.54) is 11.6 Å². The van der Waals surface area contributed by atoms with E-state index in [0.29, 0.717) is 5.39 Å². The van der Waals surface area contributed by atoms with E-state index in [2.05, 4.69) is 19.9 Å². The molecule has 0 atom stereocenters. The van der Waals surface area contributed by atoms with Crippen LogP contribution in [0.1, 0.15) is 50.7 Å². The van der Waals surface area contributed by atoms with E-state index in [4.69, 9.17) is 0 Å². The fourth-order valence-electron chi connectivity index (χ4n) is 2.92. The lowest BCUT2D eigenvalue weighted by Gasteiger charge is -2.15. The number of hydrogen-bond acceptors (Lipinski definition) is 2. The van der Waals surface area contributed by atoms with E-state index in [0.717, 1.165) is 49.5 Å². The molecule has 120 valence electrons. The molecule has 2 aromatic rings. The van der Waals surface area contributed by atoms with Crippen LogP contribution in [0.5, 0.6) is 0 Å². The highest BCUT2D eigenvalue weighted by molar-refractivity contribution is 7.86. The summed E-state index contributed by atoms with van der Waals surface area (Å²) in [4.78, 5) is 0.0365. The average molecular weight is 320 g/mol. The fourth-order valence-corrected chi connectivity index (χ4v) is 3.67. The maximum Gasteiger partial charge on any atom is 0.295 e. The molecule has 0 radical (unpaired) electrons. The predicted molar refractivity (Wildman–Crippen MR) is 91.0 cm³/mol. The van der Waals surface area contributed by atoms with Crippen molar-refractivity contribution in [3.05, 3.63) is 41.5 Å². The van der Waals surface area contributed by atoms with Gasteiger partial charge in [-0.15, -0.1) is 0 Å². The van der Waals surface area contributed by atoms with Crippen molar-refractivity contribution in [2.75, 3.05) is 0 Å². The largest absolute Gasteiger partial charge is 0.295 e. The second kappa shape index (κ2) is 7.25. The van der Waals surface area contributed by atoms with E-state index in [-0.39, 0.29) is 4.90 Å². The molecule has 22 heavy (non-hydrogen) atoms. The molecular weight excluding hydrogens is 296 g/mol. The summed E-state index contributed by atoms with van der Waals surface area (Å²) < 4.78 is 33.1. The van der Waals surface area contributed by atoms with Crippen molar-refractivity contribution < 1.29 is 13.0 Å². The van der Waals surface area contributed by atoms with Gasteiger partial charge in [-0.2, -0.15) is 8.42 Å². The predicted octanol–water partition coefficient (Wildman–Crippen LogP) is 4.77. The van der Waals surface area contributed by atoms with Gasteiger partial charge in [0.05, 0.1) is 0 Å². The minimum Gasteiger partial charge on any atom is -0.282 e. The Hall–Kier alpha value is -1.39. The zero-order chi connectivity index (χ0) is 16.2. The molecule has 0 spiro atoms. The molecule has 0 fully saturated rings. The number of unbranched alkanes of at least 4 members (excludes halogenated alkanes) is 2. The van der Waals surface area contributed by atoms with Crippen LogP contribution in [0.4, 0.5) is 0 Å². The van der Waals surface area contributed by atoms with E-state index < -0.39 is 10.1 Å². The van der Waals surface area contributed by atoms with Crippen molar-refractivity contribution in [2.24, 2.45) is 0 Å². The van der Waals surface area contributed by atoms with Crippen molar-refractivity contribution in [3.8, 4) is 0 Å². The number of hydrogen-bond donors (Lipinski definition) is 1. The van der Waals surface area contributed by atoms with Gasteiger partial charge in [-0.3, -0.25) is 4.55 Å². The molecule has 0 bridgehead atoms. The zero-order valence-electron chi connectivity index (χ0n) is 13.3. The van der Waals surface area contributed by atoms with Crippen LogP contribution in [0.2, 0.25) is 0 Å². The van der Waals surface area contributed by atoms with Gasteiger partial charge in [0.15, 0.2) is 0 Å². The summed E-state index contributed by atoms with van der Waals surface area (Å²) in [6.07, 6.45) is 6.05. The minimum absolute atomic E-state index is 0.0365. The van der Waals surface area contributed by atoms with Crippen LogP contribution in [-0.4, -0.2) is 13.0 Å². The highest BCUT2D eigenvalue weighted by Crippen LogP contribution is 2.31. The molecule has 0 heterocycles. The van der Waals surface area contributed by atoms with E-state index in [1.807, 2.05) is 12.1 Å². The van der Waals surface area contributed by atoms with Crippen LogP contribution in [0.15, 0.2) is 35.2 Å². The molecule has 0 aliphatic rings. The molecule has 0 saturated heterocycles. The first-order valence-electron chi connectivity index (χ1n) is 8.00. The van der Waals surface area contributed by atoms with Gasteiger partial charge in [-0.05, 0) is 48.3 Å². The molecular formula is C18H24O3S. The van der Waals surface area contributed by atoms with Gasteiger partial charge in [-0.1, -0.05) is 51.0 Å². The summed E-state index contributed by atoms with van der Waals surface area (Å²) >= 11 is 0. The van der Waals surface area contributed by atoms with E-state index >= 15 is 0 Å². The van der Waals surface area contributed by atoms with Gasteiger partial charge >= 0.3 is 0 Å². The third-order valence-corrected chi connectivity index (χ3v) is 4.97. The SMILES string of the molecule is CCCCc1ccc2cccc(S(=O)(=O)O)c2c1CCCC. The Bertz CT molecular complexity index is 748. The van der Waals surface area contributed by atoms with Crippen LogP contribution in [0.3, 0.4) is 0 Å². The molecule has 1 N–H and O–H groups in total. The second-order valence-electron chi connectivity index (χ2n) is 5.74. The molecule has 0 amide bonds.